The monoisotopic (exact) mass is 674 g/mol. The molecule has 3 heteroatoms. The van der Waals surface area contributed by atoms with Crippen LogP contribution in [0.2, 0.25) is 0 Å². The zero-order valence-corrected chi connectivity index (χ0v) is 28.6. The third kappa shape index (κ3) is 3.80. The summed E-state index contributed by atoms with van der Waals surface area (Å²) in [6.45, 7) is 0. The third-order valence-electron chi connectivity index (χ3n) is 11.7. The molecule has 0 N–H and O–H groups in total. The van der Waals surface area contributed by atoms with E-state index in [0.717, 1.165) is 55.1 Å². The number of benzene rings is 7. The smallest absolute Gasteiger partial charge is 0.136 e. The van der Waals surface area contributed by atoms with Crippen LogP contribution >= 0.6 is 0 Å². The molecule has 0 bridgehead atoms. The minimum absolute atomic E-state index is 0.557. The molecular weight excluding hydrogens is 645 g/mol. The summed E-state index contributed by atoms with van der Waals surface area (Å²) >= 11 is 0. The van der Waals surface area contributed by atoms with Crippen molar-refractivity contribution in [2.24, 2.45) is 0 Å². The van der Waals surface area contributed by atoms with E-state index >= 15 is 0 Å². The second-order valence-electron chi connectivity index (χ2n) is 14.3. The van der Waals surface area contributed by atoms with Crippen molar-refractivity contribution in [3.8, 4) is 27.9 Å². The summed E-state index contributed by atoms with van der Waals surface area (Å²) in [7, 11) is 0. The van der Waals surface area contributed by atoms with Crippen molar-refractivity contribution in [3.63, 3.8) is 0 Å². The van der Waals surface area contributed by atoms with Crippen LogP contribution in [0.1, 0.15) is 33.4 Å². The lowest BCUT2D eigenvalue weighted by atomic mass is 9.65. The number of hydrogen-bond donors (Lipinski definition) is 0. The lowest BCUT2D eigenvalue weighted by Gasteiger charge is -2.35. The quantitative estimate of drug-likeness (QED) is 0.183. The molecule has 1 spiro atoms. The molecule has 0 fully saturated rings. The zero-order chi connectivity index (χ0) is 34.7. The van der Waals surface area contributed by atoms with Crippen LogP contribution in [0, 0.1) is 0 Å². The molecule has 0 radical (unpaired) electrons. The second-order valence-corrected chi connectivity index (χ2v) is 14.3. The van der Waals surface area contributed by atoms with Crippen molar-refractivity contribution in [3.05, 3.63) is 203 Å². The summed E-state index contributed by atoms with van der Waals surface area (Å²) in [6.07, 6.45) is 6.50. The van der Waals surface area contributed by atoms with Gasteiger partial charge in [0.25, 0.3) is 0 Å². The first-order valence-electron chi connectivity index (χ1n) is 18.2. The second kappa shape index (κ2) is 10.5. The van der Waals surface area contributed by atoms with Gasteiger partial charge in [0.05, 0.1) is 22.0 Å². The Bertz CT molecular complexity index is 3180. The Morgan fingerprint density at radius 1 is 0.453 bits per heavy atom. The van der Waals surface area contributed by atoms with Crippen molar-refractivity contribution < 1.29 is 4.42 Å². The van der Waals surface area contributed by atoms with Crippen LogP contribution < -0.4 is 0 Å². The molecule has 0 saturated heterocycles. The van der Waals surface area contributed by atoms with Crippen LogP contribution in [-0.2, 0) is 5.41 Å². The highest BCUT2D eigenvalue weighted by Gasteiger charge is 2.49. The Labute approximate surface area is 305 Å². The SMILES string of the molecule is C1=Cc2ccc(-c3ccc4c(c3)c3ncccc3n4-c3ccccc3)cc2C2(c3ccccc31)c1ccccc1-c1cc3oc4ccccc4c3cc12. The highest BCUT2D eigenvalue weighted by molar-refractivity contribution is 6.10. The van der Waals surface area contributed by atoms with E-state index in [0.29, 0.717) is 0 Å². The first kappa shape index (κ1) is 28.7. The Balaban J connectivity index is 1.16. The Kier molecular flexibility index (Phi) is 5.70. The molecule has 3 heterocycles. The molecule has 10 aromatic rings. The molecule has 7 aromatic carbocycles. The summed E-state index contributed by atoms with van der Waals surface area (Å²) in [5.74, 6) is 0. The van der Waals surface area contributed by atoms with Crippen LogP contribution in [-0.4, -0.2) is 9.55 Å². The molecule has 53 heavy (non-hydrogen) atoms. The van der Waals surface area contributed by atoms with Crippen LogP contribution in [0.4, 0.5) is 0 Å². The molecule has 2 aliphatic rings. The molecular formula is C50H30N2O. The molecule has 246 valence electrons. The number of pyridine rings is 1. The van der Waals surface area contributed by atoms with E-state index in [1.807, 2.05) is 18.3 Å². The largest absolute Gasteiger partial charge is 0.456 e. The summed E-state index contributed by atoms with van der Waals surface area (Å²) in [6, 6.07) is 59.7. The zero-order valence-electron chi connectivity index (χ0n) is 28.6. The predicted octanol–water partition coefficient (Wildman–Crippen LogP) is 12.6. The van der Waals surface area contributed by atoms with Crippen molar-refractivity contribution in [1.29, 1.82) is 0 Å². The number of para-hydroxylation sites is 2. The minimum Gasteiger partial charge on any atom is -0.456 e. The van der Waals surface area contributed by atoms with E-state index in [1.165, 1.54) is 50.1 Å². The average Bonchev–Trinajstić information content (AvgIpc) is 3.81. The Morgan fingerprint density at radius 2 is 1.21 bits per heavy atom. The van der Waals surface area contributed by atoms with Crippen LogP contribution in [0.3, 0.4) is 0 Å². The fourth-order valence-corrected chi connectivity index (χ4v) is 9.46. The summed E-state index contributed by atoms with van der Waals surface area (Å²) in [4.78, 5) is 4.91. The normalized spacial score (nSPS) is 15.5. The van der Waals surface area contributed by atoms with Gasteiger partial charge in [0.2, 0.25) is 0 Å². The standard InChI is InChI=1S/C50H30N2O/c1-2-12-35(13-3-1)52-45-25-24-33(27-40(45)49-46(52)18-10-26-51-49)34-23-22-32-21-20-31-11-4-7-16-41(31)50(43(32)28-34)42-17-8-5-14-36(42)38-30-48-39(29-44(38)50)37-15-6-9-19-47(37)53-48/h1-30H. The van der Waals surface area contributed by atoms with Gasteiger partial charge in [-0.05, 0) is 116 Å². The third-order valence-corrected chi connectivity index (χ3v) is 11.7. The van der Waals surface area contributed by atoms with Crippen LogP contribution in [0.25, 0.3) is 84.0 Å². The van der Waals surface area contributed by atoms with E-state index in [-0.39, 0.29) is 0 Å². The van der Waals surface area contributed by atoms with Crippen molar-refractivity contribution >= 4 is 56.0 Å². The van der Waals surface area contributed by atoms with Crippen molar-refractivity contribution in [2.75, 3.05) is 0 Å². The van der Waals surface area contributed by atoms with Gasteiger partial charge in [0.15, 0.2) is 0 Å². The van der Waals surface area contributed by atoms with Gasteiger partial charge in [-0.15, -0.1) is 0 Å². The van der Waals surface area contributed by atoms with Gasteiger partial charge in [-0.1, -0.05) is 115 Å². The lowest BCUT2D eigenvalue weighted by molar-refractivity contribution is 0.668. The molecule has 12 rings (SSSR count). The fourth-order valence-electron chi connectivity index (χ4n) is 9.46. The van der Waals surface area contributed by atoms with Gasteiger partial charge in [0.1, 0.15) is 11.2 Å². The van der Waals surface area contributed by atoms with E-state index in [9.17, 15) is 0 Å². The van der Waals surface area contributed by atoms with Gasteiger partial charge < -0.3 is 8.98 Å². The van der Waals surface area contributed by atoms with Gasteiger partial charge in [0, 0.05) is 28.0 Å². The predicted molar refractivity (Wildman–Crippen MR) is 218 cm³/mol. The molecule has 1 atom stereocenters. The molecule has 2 aliphatic carbocycles. The highest BCUT2D eigenvalue weighted by Crippen LogP contribution is 2.60. The Morgan fingerprint density at radius 3 is 2.13 bits per heavy atom. The molecule has 0 saturated carbocycles. The van der Waals surface area contributed by atoms with E-state index in [4.69, 9.17) is 9.40 Å². The number of furan rings is 1. The van der Waals surface area contributed by atoms with Gasteiger partial charge in [-0.2, -0.15) is 0 Å². The van der Waals surface area contributed by atoms with Crippen LogP contribution in [0.15, 0.2) is 174 Å². The molecule has 3 aromatic heterocycles. The maximum atomic E-state index is 6.49. The molecule has 0 amide bonds. The molecule has 3 nitrogen and oxygen atoms in total. The van der Waals surface area contributed by atoms with Gasteiger partial charge in [-0.25, -0.2) is 0 Å². The first-order chi connectivity index (χ1) is 26.3. The van der Waals surface area contributed by atoms with E-state index in [2.05, 4.69) is 168 Å². The van der Waals surface area contributed by atoms with E-state index < -0.39 is 5.41 Å². The average molecular weight is 675 g/mol. The molecule has 1 unspecified atom stereocenters. The maximum Gasteiger partial charge on any atom is 0.136 e. The Hall–Kier alpha value is -6.97. The number of hydrogen-bond acceptors (Lipinski definition) is 2. The van der Waals surface area contributed by atoms with Gasteiger partial charge >= 0.3 is 0 Å². The number of nitrogens with zero attached hydrogens (tertiary/aromatic N) is 2. The summed E-state index contributed by atoms with van der Waals surface area (Å²) in [5.41, 5.74) is 18.1. The fraction of sp³-hybridized carbons (Fsp3) is 0.0200. The number of aromatic nitrogens is 2. The van der Waals surface area contributed by atoms with Gasteiger partial charge in [-0.3, -0.25) is 4.98 Å². The topological polar surface area (TPSA) is 31.0 Å². The van der Waals surface area contributed by atoms with E-state index in [1.54, 1.807) is 0 Å². The lowest BCUT2D eigenvalue weighted by Crippen LogP contribution is -2.30. The first-order valence-corrected chi connectivity index (χ1v) is 18.2. The van der Waals surface area contributed by atoms with Crippen LogP contribution in [0.5, 0.6) is 0 Å². The summed E-state index contributed by atoms with van der Waals surface area (Å²) < 4.78 is 8.81. The molecule has 0 aliphatic heterocycles. The minimum atomic E-state index is -0.557. The number of rotatable bonds is 2. The number of fused-ring (bicyclic) bond motifs is 15. The van der Waals surface area contributed by atoms with Crippen molar-refractivity contribution in [2.45, 2.75) is 5.41 Å². The maximum absolute atomic E-state index is 6.49. The summed E-state index contributed by atoms with van der Waals surface area (Å²) in [5, 5.41) is 3.43. The van der Waals surface area contributed by atoms with Crippen molar-refractivity contribution in [1.82, 2.24) is 9.55 Å². The highest BCUT2D eigenvalue weighted by atomic mass is 16.3.